The highest BCUT2D eigenvalue weighted by atomic mass is 16.4. The Hall–Kier alpha value is -0.610. The largest absolute Gasteiger partial charge is 0.481 e. The smallest absolute Gasteiger partial charge is 0.303 e. The van der Waals surface area contributed by atoms with Crippen molar-refractivity contribution in [1.29, 1.82) is 0 Å². The number of hydrogen-bond donors (Lipinski definition) is 2. The highest BCUT2D eigenvalue weighted by molar-refractivity contribution is 5.66. The third-order valence-corrected chi connectivity index (χ3v) is 4.79. The molecule has 1 aliphatic heterocycles. The quantitative estimate of drug-likeness (QED) is 0.736. The topological polar surface area (TPSA) is 52.6 Å². The Morgan fingerprint density at radius 3 is 2.58 bits per heavy atom. The van der Waals surface area contributed by atoms with E-state index in [0.717, 1.165) is 24.9 Å². The molecule has 2 atom stereocenters. The number of carbonyl (C=O) groups is 1. The Balaban J connectivity index is 1.49. The second-order valence-corrected chi connectivity index (χ2v) is 6.77. The summed E-state index contributed by atoms with van der Waals surface area (Å²) >= 11 is 0. The van der Waals surface area contributed by atoms with E-state index in [9.17, 15) is 4.79 Å². The van der Waals surface area contributed by atoms with Crippen molar-refractivity contribution >= 4 is 5.97 Å². The van der Waals surface area contributed by atoms with Crippen LogP contribution in [0.4, 0.5) is 0 Å². The summed E-state index contributed by atoms with van der Waals surface area (Å²) in [6.45, 7) is 3.48. The summed E-state index contributed by atoms with van der Waals surface area (Å²) in [4.78, 5) is 13.4. The monoisotopic (exact) mass is 266 g/mol. The fourth-order valence-electron chi connectivity index (χ4n) is 3.32. The Morgan fingerprint density at radius 2 is 1.95 bits per heavy atom. The molecule has 2 aliphatic carbocycles. The van der Waals surface area contributed by atoms with Crippen LogP contribution in [0, 0.1) is 11.8 Å². The average molecular weight is 266 g/mol. The van der Waals surface area contributed by atoms with Crippen molar-refractivity contribution < 1.29 is 9.90 Å². The predicted molar refractivity (Wildman–Crippen MR) is 74.1 cm³/mol. The Kier molecular flexibility index (Phi) is 4.08. The SMILES string of the molecule is O=C(O)CCC1CC(NCC2CC2)CN(C2CC2)C1. The van der Waals surface area contributed by atoms with Crippen LogP contribution in [0.15, 0.2) is 0 Å². The number of nitrogens with zero attached hydrogens (tertiary/aromatic N) is 1. The van der Waals surface area contributed by atoms with E-state index in [1.54, 1.807) is 0 Å². The van der Waals surface area contributed by atoms with Crippen molar-refractivity contribution in [3.63, 3.8) is 0 Å². The third-order valence-electron chi connectivity index (χ3n) is 4.79. The maximum absolute atomic E-state index is 10.7. The number of rotatable bonds is 7. The summed E-state index contributed by atoms with van der Waals surface area (Å²) < 4.78 is 0. The van der Waals surface area contributed by atoms with E-state index in [1.807, 2.05) is 0 Å². The Morgan fingerprint density at radius 1 is 1.16 bits per heavy atom. The van der Waals surface area contributed by atoms with Crippen LogP contribution in [0.5, 0.6) is 0 Å². The summed E-state index contributed by atoms with van der Waals surface area (Å²) in [6, 6.07) is 1.39. The maximum atomic E-state index is 10.7. The minimum atomic E-state index is -0.647. The molecule has 3 aliphatic rings. The van der Waals surface area contributed by atoms with Gasteiger partial charge in [-0.2, -0.15) is 0 Å². The van der Waals surface area contributed by atoms with Gasteiger partial charge in [0.25, 0.3) is 0 Å². The van der Waals surface area contributed by atoms with Gasteiger partial charge in [-0.15, -0.1) is 0 Å². The Labute approximate surface area is 115 Å². The summed E-state index contributed by atoms with van der Waals surface area (Å²) in [5, 5.41) is 12.6. The van der Waals surface area contributed by atoms with Crippen LogP contribution in [0.25, 0.3) is 0 Å². The molecule has 108 valence electrons. The van der Waals surface area contributed by atoms with Crippen molar-refractivity contribution in [2.24, 2.45) is 11.8 Å². The molecule has 1 heterocycles. The lowest BCUT2D eigenvalue weighted by Gasteiger charge is -2.38. The minimum Gasteiger partial charge on any atom is -0.481 e. The number of piperidine rings is 1. The molecule has 2 N–H and O–H groups in total. The first-order chi connectivity index (χ1) is 9.20. The second kappa shape index (κ2) is 5.80. The normalized spacial score (nSPS) is 32.4. The van der Waals surface area contributed by atoms with Gasteiger partial charge in [-0.25, -0.2) is 0 Å². The predicted octanol–water partition coefficient (Wildman–Crippen LogP) is 1.70. The van der Waals surface area contributed by atoms with Crippen molar-refractivity contribution in [2.75, 3.05) is 19.6 Å². The van der Waals surface area contributed by atoms with Gasteiger partial charge in [0.1, 0.15) is 0 Å². The molecule has 2 unspecified atom stereocenters. The summed E-state index contributed by atoms with van der Waals surface area (Å²) in [5.74, 6) is 0.849. The molecular weight excluding hydrogens is 240 g/mol. The first kappa shape index (κ1) is 13.4. The zero-order valence-electron chi connectivity index (χ0n) is 11.7. The van der Waals surface area contributed by atoms with Crippen LogP contribution in [0.1, 0.15) is 44.9 Å². The van der Waals surface area contributed by atoms with E-state index in [0.29, 0.717) is 18.4 Å². The van der Waals surface area contributed by atoms with Gasteiger partial charge in [-0.1, -0.05) is 0 Å². The van der Waals surface area contributed by atoms with Crippen LogP contribution in [-0.4, -0.2) is 47.7 Å². The van der Waals surface area contributed by atoms with Crippen LogP contribution in [0.3, 0.4) is 0 Å². The van der Waals surface area contributed by atoms with E-state index in [1.165, 1.54) is 45.2 Å². The molecule has 0 amide bonds. The van der Waals surface area contributed by atoms with Gasteiger partial charge in [0, 0.05) is 31.6 Å². The second-order valence-electron chi connectivity index (χ2n) is 6.77. The zero-order valence-corrected chi connectivity index (χ0v) is 11.7. The molecule has 0 aromatic rings. The summed E-state index contributed by atoms with van der Waals surface area (Å²) in [7, 11) is 0. The summed E-state index contributed by atoms with van der Waals surface area (Å²) in [5.41, 5.74) is 0. The number of aliphatic carboxylic acids is 1. The lowest BCUT2D eigenvalue weighted by Crippen LogP contribution is -2.50. The van der Waals surface area contributed by atoms with Crippen LogP contribution in [-0.2, 0) is 4.79 Å². The third kappa shape index (κ3) is 4.18. The molecule has 3 fully saturated rings. The number of nitrogens with one attached hydrogen (secondary N) is 1. The minimum absolute atomic E-state index is 0.332. The van der Waals surface area contributed by atoms with Gasteiger partial charge in [0.05, 0.1) is 0 Å². The van der Waals surface area contributed by atoms with Crippen molar-refractivity contribution in [3.8, 4) is 0 Å². The number of carboxylic acids is 1. The molecule has 1 saturated heterocycles. The average Bonchev–Trinajstić information content (AvgIpc) is 3.27. The molecule has 0 bridgehead atoms. The van der Waals surface area contributed by atoms with Crippen LogP contribution >= 0.6 is 0 Å². The zero-order chi connectivity index (χ0) is 13.2. The molecule has 3 rings (SSSR count). The Bertz CT molecular complexity index is 326. The molecular formula is C15H26N2O2. The standard InChI is InChI=1S/C15H26N2O2/c18-15(19)6-3-12-7-13(16-8-11-1-2-11)10-17(9-12)14-4-5-14/h11-14,16H,1-10H2,(H,18,19). The van der Waals surface area contributed by atoms with Crippen LogP contribution < -0.4 is 5.32 Å². The van der Waals surface area contributed by atoms with Crippen molar-refractivity contribution in [2.45, 2.75) is 57.0 Å². The van der Waals surface area contributed by atoms with E-state index >= 15 is 0 Å². The highest BCUT2D eigenvalue weighted by Crippen LogP contribution is 2.33. The first-order valence-corrected chi connectivity index (χ1v) is 7.90. The first-order valence-electron chi connectivity index (χ1n) is 7.90. The molecule has 0 aromatic carbocycles. The fraction of sp³-hybridized carbons (Fsp3) is 0.933. The molecule has 19 heavy (non-hydrogen) atoms. The van der Waals surface area contributed by atoms with Crippen LogP contribution in [0.2, 0.25) is 0 Å². The molecule has 0 spiro atoms. The molecule has 4 nitrogen and oxygen atoms in total. The number of hydrogen-bond acceptors (Lipinski definition) is 3. The number of carboxylic acid groups (broad SMARTS) is 1. The van der Waals surface area contributed by atoms with Crippen molar-refractivity contribution in [1.82, 2.24) is 10.2 Å². The van der Waals surface area contributed by atoms with Gasteiger partial charge in [0.2, 0.25) is 0 Å². The van der Waals surface area contributed by atoms with Gasteiger partial charge in [0.15, 0.2) is 0 Å². The van der Waals surface area contributed by atoms with Gasteiger partial charge < -0.3 is 10.4 Å². The number of likely N-dealkylation sites (tertiary alicyclic amines) is 1. The lowest BCUT2D eigenvalue weighted by atomic mass is 9.90. The van der Waals surface area contributed by atoms with Gasteiger partial charge >= 0.3 is 5.97 Å². The lowest BCUT2D eigenvalue weighted by molar-refractivity contribution is -0.137. The fourth-order valence-corrected chi connectivity index (χ4v) is 3.32. The van der Waals surface area contributed by atoms with Crippen molar-refractivity contribution in [3.05, 3.63) is 0 Å². The van der Waals surface area contributed by atoms with E-state index in [2.05, 4.69) is 10.2 Å². The summed E-state index contributed by atoms with van der Waals surface area (Å²) in [6.07, 6.45) is 7.84. The van der Waals surface area contributed by atoms with Gasteiger partial charge in [-0.05, 0) is 56.9 Å². The maximum Gasteiger partial charge on any atom is 0.303 e. The molecule has 0 radical (unpaired) electrons. The van der Waals surface area contributed by atoms with E-state index in [-0.39, 0.29) is 0 Å². The van der Waals surface area contributed by atoms with E-state index < -0.39 is 5.97 Å². The van der Waals surface area contributed by atoms with Gasteiger partial charge in [-0.3, -0.25) is 9.69 Å². The molecule has 0 aromatic heterocycles. The molecule has 4 heteroatoms. The molecule has 2 saturated carbocycles. The van der Waals surface area contributed by atoms with E-state index in [4.69, 9.17) is 5.11 Å². The highest BCUT2D eigenvalue weighted by Gasteiger charge is 2.36.